The summed E-state index contributed by atoms with van der Waals surface area (Å²) in [5, 5.41) is 12.4. The van der Waals surface area contributed by atoms with E-state index in [4.69, 9.17) is 5.11 Å². The van der Waals surface area contributed by atoms with Gasteiger partial charge < -0.3 is 10.4 Å². The van der Waals surface area contributed by atoms with Crippen LogP contribution in [0.3, 0.4) is 0 Å². The maximum Gasteiger partial charge on any atom is 0.306 e. The van der Waals surface area contributed by atoms with E-state index in [9.17, 15) is 9.18 Å². The molecule has 0 spiro atoms. The number of aryl methyl sites for hydroxylation is 1. The molecule has 0 bridgehead atoms. The molecule has 0 heterocycles. The van der Waals surface area contributed by atoms with Gasteiger partial charge in [-0.2, -0.15) is 0 Å². The first-order chi connectivity index (χ1) is 9.06. The third-order valence-electron chi connectivity index (χ3n) is 3.85. The second kappa shape index (κ2) is 6.15. The lowest BCUT2D eigenvalue weighted by Gasteiger charge is -2.27. The number of nitrogens with one attached hydrogen (secondary N) is 1. The third kappa shape index (κ3) is 3.77. The van der Waals surface area contributed by atoms with E-state index in [2.05, 4.69) is 5.32 Å². The Morgan fingerprint density at radius 3 is 2.95 bits per heavy atom. The van der Waals surface area contributed by atoms with Gasteiger partial charge in [-0.3, -0.25) is 4.79 Å². The van der Waals surface area contributed by atoms with Crippen molar-refractivity contribution < 1.29 is 14.3 Å². The van der Waals surface area contributed by atoms with Crippen LogP contribution in [0.2, 0.25) is 0 Å². The van der Waals surface area contributed by atoms with E-state index in [0.717, 1.165) is 24.8 Å². The summed E-state index contributed by atoms with van der Waals surface area (Å²) in [6, 6.07) is 5.44. The number of rotatable bonds is 4. The number of hydrogen-bond donors (Lipinski definition) is 2. The lowest BCUT2D eigenvalue weighted by atomic mass is 9.86. The molecule has 19 heavy (non-hydrogen) atoms. The molecule has 0 radical (unpaired) electrons. The highest BCUT2D eigenvalue weighted by Gasteiger charge is 2.26. The zero-order valence-corrected chi connectivity index (χ0v) is 11.2. The molecule has 0 aliphatic heterocycles. The molecule has 2 atom stereocenters. The Hall–Kier alpha value is -1.42. The molecule has 2 rings (SSSR count). The molecule has 104 valence electrons. The summed E-state index contributed by atoms with van der Waals surface area (Å²) in [5.74, 6) is -1.12. The van der Waals surface area contributed by atoms with Gasteiger partial charge in [0.2, 0.25) is 0 Å². The molecule has 1 aliphatic carbocycles. The van der Waals surface area contributed by atoms with Crippen LogP contribution in [-0.2, 0) is 11.3 Å². The topological polar surface area (TPSA) is 49.3 Å². The normalized spacial score (nSPS) is 23.3. The van der Waals surface area contributed by atoms with Crippen LogP contribution in [0, 0.1) is 18.7 Å². The molecule has 3 nitrogen and oxygen atoms in total. The molecular weight excluding hydrogens is 245 g/mol. The molecule has 1 aliphatic rings. The number of carbonyl (C=O) groups is 1. The molecule has 0 amide bonds. The third-order valence-corrected chi connectivity index (χ3v) is 3.85. The van der Waals surface area contributed by atoms with Crippen LogP contribution in [0.4, 0.5) is 4.39 Å². The lowest BCUT2D eigenvalue weighted by molar-refractivity contribution is -0.143. The molecule has 0 aromatic heterocycles. The van der Waals surface area contributed by atoms with E-state index in [1.165, 1.54) is 0 Å². The predicted molar refractivity (Wildman–Crippen MR) is 71.4 cm³/mol. The van der Waals surface area contributed by atoms with Crippen LogP contribution in [0.15, 0.2) is 18.2 Å². The van der Waals surface area contributed by atoms with Crippen LogP contribution in [0.25, 0.3) is 0 Å². The van der Waals surface area contributed by atoms with Crippen LogP contribution in [0.5, 0.6) is 0 Å². The Kier molecular flexibility index (Phi) is 4.53. The summed E-state index contributed by atoms with van der Waals surface area (Å²) in [7, 11) is 0. The van der Waals surface area contributed by atoms with E-state index in [0.29, 0.717) is 18.5 Å². The van der Waals surface area contributed by atoms with Gasteiger partial charge in [-0.15, -0.1) is 0 Å². The van der Waals surface area contributed by atoms with E-state index >= 15 is 0 Å². The van der Waals surface area contributed by atoms with Gasteiger partial charge in [0.25, 0.3) is 0 Å². The number of halogens is 1. The summed E-state index contributed by atoms with van der Waals surface area (Å²) in [6.07, 6.45) is 3.38. The van der Waals surface area contributed by atoms with Gasteiger partial charge in [0.05, 0.1) is 5.92 Å². The highest BCUT2D eigenvalue weighted by Crippen LogP contribution is 2.24. The van der Waals surface area contributed by atoms with E-state index < -0.39 is 5.97 Å². The van der Waals surface area contributed by atoms with Crippen molar-refractivity contribution in [1.82, 2.24) is 5.32 Å². The maximum atomic E-state index is 13.4. The number of benzene rings is 1. The average molecular weight is 265 g/mol. The van der Waals surface area contributed by atoms with Crippen molar-refractivity contribution in [2.45, 2.75) is 45.2 Å². The molecule has 0 saturated heterocycles. The predicted octanol–water partition coefficient (Wildman–Crippen LogP) is 2.87. The van der Waals surface area contributed by atoms with Crippen molar-refractivity contribution in [2.75, 3.05) is 0 Å². The fourth-order valence-corrected chi connectivity index (χ4v) is 2.61. The number of hydrogen-bond acceptors (Lipinski definition) is 2. The highest BCUT2D eigenvalue weighted by molar-refractivity contribution is 5.70. The van der Waals surface area contributed by atoms with Gasteiger partial charge in [-0.1, -0.05) is 18.6 Å². The zero-order valence-electron chi connectivity index (χ0n) is 11.2. The molecule has 1 aromatic rings. The second-order valence-electron chi connectivity index (χ2n) is 5.36. The van der Waals surface area contributed by atoms with Crippen LogP contribution >= 0.6 is 0 Å². The van der Waals surface area contributed by atoms with E-state index in [1.54, 1.807) is 19.1 Å². The van der Waals surface area contributed by atoms with Gasteiger partial charge in [0, 0.05) is 12.6 Å². The summed E-state index contributed by atoms with van der Waals surface area (Å²) < 4.78 is 13.4. The number of carboxylic acid groups (broad SMARTS) is 1. The first-order valence-electron chi connectivity index (χ1n) is 6.77. The molecule has 4 heteroatoms. The Balaban J connectivity index is 1.87. The van der Waals surface area contributed by atoms with E-state index in [1.807, 2.05) is 6.07 Å². The molecule has 2 unspecified atom stereocenters. The van der Waals surface area contributed by atoms with Crippen LogP contribution < -0.4 is 5.32 Å². The molecule has 1 fully saturated rings. The second-order valence-corrected chi connectivity index (χ2v) is 5.36. The van der Waals surface area contributed by atoms with Crippen LogP contribution in [0.1, 0.15) is 36.8 Å². The quantitative estimate of drug-likeness (QED) is 0.880. The highest BCUT2D eigenvalue weighted by atomic mass is 19.1. The van der Waals surface area contributed by atoms with Crippen molar-refractivity contribution in [3.05, 3.63) is 35.1 Å². The number of aliphatic carboxylic acids is 1. The minimum absolute atomic E-state index is 0.189. The standard InChI is InChI=1S/C15H20FNO2/c1-10-5-6-11(7-14(10)16)9-17-13-4-2-3-12(8-13)15(18)19/h5-7,12-13,17H,2-4,8-9H2,1H3,(H,18,19). The summed E-state index contributed by atoms with van der Waals surface area (Å²) in [4.78, 5) is 11.0. The SMILES string of the molecule is Cc1ccc(CNC2CCCC(C(=O)O)C2)cc1F. The lowest BCUT2D eigenvalue weighted by Crippen LogP contribution is -2.36. The van der Waals surface area contributed by atoms with Crippen molar-refractivity contribution in [2.24, 2.45) is 5.92 Å². The number of carboxylic acids is 1. The van der Waals surface area contributed by atoms with Gasteiger partial charge >= 0.3 is 5.97 Å². The Morgan fingerprint density at radius 1 is 1.47 bits per heavy atom. The summed E-state index contributed by atoms with van der Waals surface area (Å²) in [6.45, 7) is 2.33. The van der Waals surface area contributed by atoms with Crippen molar-refractivity contribution in [3.8, 4) is 0 Å². The van der Waals surface area contributed by atoms with Gasteiger partial charge in [0.1, 0.15) is 5.82 Å². The first kappa shape index (κ1) is 14.0. The van der Waals surface area contributed by atoms with E-state index in [-0.39, 0.29) is 17.8 Å². The van der Waals surface area contributed by atoms with Crippen molar-refractivity contribution >= 4 is 5.97 Å². The van der Waals surface area contributed by atoms with Crippen molar-refractivity contribution in [1.29, 1.82) is 0 Å². The zero-order chi connectivity index (χ0) is 13.8. The maximum absolute atomic E-state index is 13.4. The fraction of sp³-hybridized carbons (Fsp3) is 0.533. The molecule has 2 N–H and O–H groups in total. The van der Waals surface area contributed by atoms with Gasteiger partial charge in [-0.05, 0) is 43.4 Å². The smallest absolute Gasteiger partial charge is 0.306 e. The molecule has 1 saturated carbocycles. The Morgan fingerprint density at radius 2 is 2.26 bits per heavy atom. The van der Waals surface area contributed by atoms with Crippen molar-refractivity contribution in [3.63, 3.8) is 0 Å². The summed E-state index contributed by atoms with van der Waals surface area (Å²) in [5.41, 5.74) is 1.55. The largest absolute Gasteiger partial charge is 0.481 e. The Bertz CT molecular complexity index is 461. The molecular formula is C15H20FNO2. The van der Waals surface area contributed by atoms with Crippen LogP contribution in [-0.4, -0.2) is 17.1 Å². The minimum Gasteiger partial charge on any atom is -0.481 e. The Labute approximate surface area is 112 Å². The monoisotopic (exact) mass is 265 g/mol. The average Bonchev–Trinajstić information content (AvgIpc) is 2.40. The summed E-state index contributed by atoms with van der Waals surface area (Å²) >= 11 is 0. The molecule has 1 aromatic carbocycles. The first-order valence-corrected chi connectivity index (χ1v) is 6.77. The van der Waals surface area contributed by atoms with Gasteiger partial charge in [0.15, 0.2) is 0 Å². The fourth-order valence-electron chi connectivity index (χ4n) is 2.61. The van der Waals surface area contributed by atoms with Gasteiger partial charge in [-0.25, -0.2) is 4.39 Å². The minimum atomic E-state index is -0.701.